The number of para-hydroxylation sites is 1. The second kappa shape index (κ2) is 7.35. The molecule has 2 aromatic rings. The topological polar surface area (TPSA) is 76.0 Å². The number of methoxy groups -OCH3 is 1. The molecular weight excluding hydrogens is 296 g/mol. The zero-order valence-corrected chi connectivity index (χ0v) is 12.9. The smallest absolute Gasteiger partial charge is 0.330 e. The first-order chi connectivity index (χ1) is 11.1. The maximum absolute atomic E-state index is 11.4. The molecule has 0 fully saturated rings. The van der Waals surface area contributed by atoms with Crippen molar-refractivity contribution in [3.05, 3.63) is 48.0 Å². The van der Waals surface area contributed by atoms with Crippen LogP contribution in [-0.4, -0.2) is 29.9 Å². The van der Waals surface area contributed by atoms with Gasteiger partial charge in [-0.1, -0.05) is 18.2 Å². The van der Waals surface area contributed by atoms with Crippen LogP contribution in [0.4, 0.5) is 0 Å². The predicted octanol–water partition coefficient (Wildman–Crippen LogP) is 3.35. The zero-order chi connectivity index (χ0) is 16.8. The molecule has 5 nitrogen and oxygen atoms in total. The highest BCUT2D eigenvalue weighted by molar-refractivity contribution is 5.88. The van der Waals surface area contributed by atoms with Crippen LogP contribution in [0, 0.1) is 0 Å². The van der Waals surface area contributed by atoms with E-state index in [1.165, 1.54) is 19.3 Å². The molecule has 0 unspecified atom stereocenters. The van der Waals surface area contributed by atoms with Gasteiger partial charge in [0.1, 0.15) is 5.75 Å². The highest BCUT2D eigenvalue weighted by atomic mass is 16.5. The molecule has 2 rings (SSSR count). The molecule has 0 saturated carbocycles. The van der Waals surface area contributed by atoms with Crippen LogP contribution in [0.25, 0.3) is 17.2 Å². The fraction of sp³-hybridized carbons (Fsp3) is 0.167. The summed E-state index contributed by atoms with van der Waals surface area (Å²) in [4.78, 5) is 11.4. The van der Waals surface area contributed by atoms with E-state index < -0.39 is 5.97 Å². The van der Waals surface area contributed by atoms with E-state index in [1.807, 2.05) is 0 Å². The lowest BCUT2D eigenvalue weighted by Gasteiger charge is -2.12. The van der Waals surface area contributed by atoms with Crippen molar-refractivity contribution >= 4 is 12.0 Å². The van der Waals surface area contributed by atoms with Crippen molar-refractivity contribution in [2.75, 3.05) is 13.7 Å². The Morgan fingerprint density at radius 2 is 1.91 bits per heavy atom. The number of carbonyl (C=O) groups excluding carboxylic acids is 1. The van der Waals surface area contributed by atoms with E-state index in [0.29, 0.717) is 23.3 Å². The lowest BCUT2D eigenvalue weighted by Crippen LogP contribution is -1.98. The minimum atomic E-state index is -0.455. The van der Waals surface area contributed by atoms with E-state index in [4.69, 9.17) is 9.47 Å². The lowest BCUT2D eigenvalue weighted by atomic mass is 10.00. The molecule has 0 atom stereocenters. The Morgan fingerprint density at radius 1 is 1.17 bits per heavy atom. The van der Waals surface area contributed by atoms with Gasteiger partial charge in [0.05, 0.1) is 13.7 Å². The van der Waals surface area contributed by atoms with Gasteiger partial charge in [0, 0.05) is 17.2 Å². The number of aromatic hydroxyl groups is 2. The highest BCUT2D eigenvalue weighted by Gasteiger charge is 2.14. The minimum Gasteiger partial charge on any atom is -0.507 e. The summed E-state index contributed by atoms with van der Waals surface area (Å²) in [5.74, 6) is -0.253. The molecule has 0 radical (unpaired) electrons. The van der Waals surface area contributed by atoms with Crippen molar-refractivity contribution in [1.82, 2.24) is 0 Å². The molecule has 0 spiro atoms. The molecule has 2 N–H and O–H groups in total. The normalized spacial score (nSPS) is 10.7. The van der Waals surface area contributed by atoms with Gasteiger partial charge >= 0.3 is 5.97 Å². The van der Waals surface area contributed by atoms with Crippen LogP contribution in [0.15, 0.2) is 42.5 Å². The van der Waals surface area contributed by atoms with Gasteiger partial charge < -0.3 is 19.7 Å². The van der Waals surface area contributed by atoms with E-state index in [-0.39, 0.29) is 17.2 Å². The second-order valence-corrected chi connectivity index (χ2v) is 4.72. The summed E-state index contributed by atoms with van der Waals surface area (Å²) in [6, 6.07) is 9.90. The first kappa shape index (κ1) is 16.4. The number of phenolic OH excluding ortho intramolecular Hbond substituents is 2. The molecule has 5 heteroatoms. The third-order valence-electron chi connectivity index (χ3n) is 3.21. The van der Waals surface area contributed by atoms with E-state index >= 15 is 0 Å². The Balaban J connectivity index is 2.49. The molecule has 0 aliphatic carbocycles. The summed E-state index contributed by atoms with van der Waals surface area (Å²) < 4.78 is 9.99. The van der Waals surface area contributed by atoms with E-state index in [9.17, 15) is 15.0 Å². The molecule has 2 aromatic carbocycles. The Morgan fingerprint density at radius 3 is 2.57 bits per heavy atom. The number of hydrogen-bond donors (Lipinski definition) is 2. The van der Waals surface area contributed by atoms with E-state index in [1.54, 1.807) is 43.3 Å². The summed E-state index contributed by atoms with van der Waals surface area (Å²) in [5.41, 5.74) is 1.51. The van der Waals surface area contributed by atoms with Crippen molar-refractivity contribution in [2.24, 2.45) is 0 Å². The van der Waals surface area contributed by atoms with Crippen molar-refractivity contribution in [3.8, 4) is 28.4 Å². The Hall–Kier alpha value is -2.95. The van der Waals surface area contributed by atoms with Crippen molar-refractivity contribution in [1.29, 1.82) is 0 Å². The minimum absolute atomic E-state index is 0.0383. The summed E-state index contributed by atoms with van der Waals surface area (Å²) in [6.45, 7) is 2.02. The monoisotopic (exact) mass is 314 g/mol. The lowest BCUT2D eigenvalue weighted by molar-refractivity contribution is -0.137. The summed E-state index contributed by atoms with van der Waals surface area (Å²) in [7, 11) is 1.43. The predicted molar refractivity (Wildman–Crippen MR) is 87.4 cm³/mol. The number of benzene rings is 2. The fourth-order valence-electron chi connectivity index (χ4n) is 2.14. The maximum atomic E-state index is 11.4. The van der Waals surface area contributed by atoms with Gasteiger partial charge in [-0.3, -0.25) is 0 Å². The largest absolute Gasteiger partial charge is 0.507 e. The number of phenols is 2. The average molecular weight is 314 g/mol. The van der Waals surface area contributed by atoms with Crippen LogP contribution in [0.2, 0.25) is 0 Å². The first-order valence-electron chi connectivity index (χ1n) is 7.11. The summed E-state index contributed by atoms with van der Waals surface area (Å²) in [5, 5.41) is 20.3. The van der Waals surface area contributed by atoms with Crippen molar-refractivity contribution in [2.45, 2.75) is 6.92 Å². The van der Waals surface area contributed by atoms with E-state index in [2.05, 4.69) is 0 Å². The standard InChI is InChI=1S/C18H18O5/c1-3-23-17(20)9-8-12-10-14(18(21)16(11-12)22-2)13-6-4-5-7-15(13)19/h4-11,19,21H,3H2,1-2H3/b9-8+. The van der Waals surface area contributed by atoms with Gasteiger partial charge in [0.25, 0.3) is 0 Å². The molecule has 0 bridgehead atoms. The fourth-order valence-corrected chi connectivity index (χ4v) is 2.14. The summed E-state index contributed by atoms with van der Waals surface area (Å²) in [6.07, 6.45) is 2.85. The van der Waals surface area contributed by atoms with Gasteiger partial charge in [-0.05, 0) is 36.8 Å². The number of ether oxygens (including phenoxy) is 2. The number of carbonyl (C=O) groups is 1. The van der Waals surface area contributed by atoms with Crippen LogP contribution >= 0.6 is 0 Å². The van der Waals surface area contributed by atoms with Crippen molar-refractivity contribution < 1.29 is 24.5 Å². The second-order valence-electron chi connectivity index (χ2n) is 4.72. The molecule has 0 amide bonds. The third kappa shape index (κ3) is 3.83. The highest BCUT2D eigenvalue weighted by Crippen LogP contribution is 2.41. The molecule has 23 heavy (non-hydrogen) atoms. The Labute approximate surface area is 134 Å². The average Bonchev–Trinajstić information content (AvgIpc) is 2.55. The first-order valence-corrected chi connectivity index (χ1v) is 7.11. The molecule has 0 heterocycles. The van der Waals surface area contributed by atoms with Crippen LogP contribution in [-0.2, 0) is 9.53 Å². The quantitative estimate of drug-likeness (QED) is 0.654. The molecular formula is C18H18O5. The van der Waals surface area contributed by atoms with Gasteiger partial charge in [0.15, 0.2) is 11.5 Å². The molecule has 0 aliphatic heterocycles. The third-order valence-corrected chi connectivity index (χ3v) is 3.21. The number of esters is 1. The van der Waals surface area contributed by atoms with Crippen LogP contribution in [0.5, 0.6) is 17.2 Å². The van der Waals surface area contributed by atoms with Gasteiger partial charge in [-0.2, -0.15) is 0 Å². The molecule has 120 valence electrons. The van der Waals surface area contributed by atoms with Crippen LogP contribution in [0.1, 0.15) is 12.5 Å². The Bertz CT molecular complexity index is 734. The SMILES string of the molecule is CCOC(=O)/C=C/c1cc(OC)c(O)c(-c2ccccc2O)c1. The zero-order valence-electron chi connectivity index (χ0n) is 12.9. The maximum Gasteiger partial charge on any atom is 0.330 e. The van der Waals surface area contributed by atoms with E-state index in [0.717, 1.165) is 0 Å². The van der Waals surface area contributed by atoms with Crippen LogP contribution < -0.4 is 4.74 Å². The number of rotatable bonds is 5. The molecule has 0 aromatic heterocycles. The summed E-state index contributed by atoms with van der Waals surface area (Å²) >= 11 is 0. The van der Waals surface area contributed by atoms with Crippen LogP contribution in [0.3, 0.4) is 0 Å². The number of hydrogen-bond acceptors (Lipinski definition) is 5. The Kier molecular flexibility index (Phi) is 5.25. The molecule has 0 saturated heterocycles. The molecule has 0 aliphatic rings. The van der Waals surface area contributed by atoms with Gasteiger partial charge in [0.2, 0.25) is 0 Å². The van der Waals surface area contributed by atoms with Gasteiger partial charge in [-0.25, -0.2) is 4.79 Å². The van der Waals surface area contributed by atoms with Crippen molar-refractivity contribution in [3.63, 3.8) is 0 Å². The van der Waals surface area contributed by atoms with Gasteiger partial charge in [-0.15, -0.1) is 0 Å².